The molecule has 0 N–H and O–H groups in total. The standard InChI is InChI=1S/C62H47NO2/c1-61-40-8-6-18-57(61)55-16-10-14-53(59(55)64-61)48-24-20-43(21-25-48)46-30-36-51(37-31-46)63(50-34-28-45(29-35-50)42-12-4-3-5-13-42)52-38-32-47(33-39-52)44-22-26-49(27-23-44)54-15-11-17-56-58-19-7-9-41-62(58,2)65-60(54)56/h3-41,57-58H,1-2H3. The third-order valence-corrected chi connectivity index (χ3v) is 13.9. The lowest BCUT2D eigenvalue weighted by atomic mass is 9.82. The molecule has 0 fully saturated rings. The zero-order chi connectivity index (χ0) is 43.5. The lowest BCUT2D eigenvalue weighted by molar-refractivity contribution is 0.155. The first-order valence-electron chi connectivity index (χ1n) is 22.6. The highest BCUT2D eigenvalue weighted by Gasteiger charge is 2.44. The zero-order valence-electron chi connectivity index (χ0n) is 36.4. The molecule has 65 heavy (non-hydrogen) atoms. The predicted octanol–water partition coefficient (Wildman–Crippen LogP) is 16.2. The van der Waals surface area contributed by atoms with Gasteiger partial charge in [0, 0.05) is 51.2 Å². The number of fused-ring (bicyclic) bond motifs is 6. The minimum absolute atomic E-state index is 0.222. The van der Waals surface area contributed by atoms with Crippen molar-refractivity contribution in [3.8, 4) is 67.1 Å². The highest BCUT2D eigenvalue weighted by molar-refractivity contribution is 5.83. The van der Waals surface area contributed by atoms with E-state index >= 15 is 0 Å². The van der Waals surface area contributed by atoms with Gasteiger partial charge in [0.1, 0.15) is 22.7 Å². The average Bonchev–Trinajstić information content (AvgIpc) is 3.85. The quantitative estimate of drug-likeness (QED) is 0.152. The van der Waals surface area contributed by atoms with Gasteiger partial charge in [-0.15, -0.1) is 0 Å². The summed E-state index contributed by atoms with van der Waals surface area (Å²) in [6, 6.07) is 68.1. The highest BCUT2D eigenvalue weighted by Crippen LogP contribution is 2.53. The molecule has 3 nitrogen and oxygen atoms in total. The minimum Gasteiger partial charge on any atom is -0.482 e. The summed E-state index contributed by atoms with van der Waals surface area (Å²) in [7, 11) is 0. The summed E-state index contributed by atoms with van der Waals surface area (Å²) in [6.07, 6.45) is 17.3. The lowest BCUT2D eigenvalue weighted by Gasteiger charge is -2.27. The number of ether oxygens (including phenoxy) is 2. The summed E-state index contributed by atoms with van der Waals surface area (Å²) < 4.78 is 13.3. The number of para-hydroxylation sites is 2. The van der Waals surface area contributed by atoms with E-state index < -0.39 is 0 Å². The van der Waals surface area contributed by atoms with Crippen molar-refractivity contribution in [3.05, 3.63) is 248 Å². The van der Waals surface area contributed by atoms with Crippen LogP contribution >= 0.6 is 0 Å². The van der Waals surface area contributed by atoms with E-state index in [1.807, 2.05) is 0 Å². The van der Waals surface area contributed by atoms with Gasteiger partial charge in [0.05, 0.1) is 0 Å². The summed E-state index contributed by atoms with van der Waals surface area (Å²) in [5, 5.41) is 0. The number of rotatable bonds is 8. The van der Waals surface area contributed by atoms with Crippen molar-refractivity contribution < 1.29 is 9.47 Å². The van der Waals surface area contributed by atoms with Gasteiger partial charge in [-0.1, -0.05) is 188 Å². The van der Waals surface area contributed by atoms with Crippen molar-refractivity contribution in [2.75, 3.05) is 4.90 Å². The Labute approximate surface area is 381 Å². The van der Waals surface area contributed by atoms with Gasteiger partial charge in [0.15, 0.2) is 0 Å². The summed E-state index contributed by atoms with van der Waals surface area (Å²) in [6.45, 7) is 4.36. The molecule has 8 aromatic rings. The first kappa shape index (κ1) is 38.8. The largest absolute Gasteiger partial charge is 0.482 e. The van der Waals surface area contributed by atoms with Crippen molar-refractivity contribution in [1.82, 2.24) is 0 Å². The van der Waals surface area contributed by atoms with Crippen molar-refractivity contribution in [2.45, 2.75) is 36.9 Å². The second kappa shape index (κ2) is 15.4. The summed E-state index contributed by atoms with van der Waals surface area (Å²) in [4.78, 5) is 2.34. The smallest absolute Gasteiger partial charge is 0.135 e. The van der Waals surface area contributed by atoms with Gasteiger partial charge in [-0.3, -0.25) is 0 Å². The van der Waals surface area contributed by atoms with E-state index in [9.17, 15) is 0 Å². The van der Waals surface area contributed by atoms with E-state index in [-0.39, 0.29) is 23.0 Å². The minimum atomic E-state index is -0.352. The Morgan fingerprint density at radius 1 is 0.338 bits per heavy atom. The van der Waals surface area contributed by atoms with Crippen LogP contribution in [0.15, 0.2) is 237 Å². The SMILES string of the molecule is CC12C=CC=CC1c1cccc(-c3ccc(-c4ccc(N(c5ccc(-c6ccccc6)cc5)c5ccc(-c6ccc(-c7cccc8c7OC7(C)C=CC=CC87)cc6)cc5)cc4)cc3)c1O2. The van der Waals surface area contributed by atoms with Crippen LogP contribution in [0.4, 0.5) is 17.1 Å². The van der Waals surface area contributed by atoms with Crippen LogP contribution in [0.25, 0.3) is 55.6 Å². The van der Waals surface area contributed by atoms with E-state index in [2.05, 4.69) is 255 Å². The van der Waals surface area contributed by atoms with E-state index in [4.69, 9.17) is 9.47 Å². The van der Waals surface area contributed by atoms with Gasteiger partial charge >= 0.3 is 0 Å². The van der Waals surface area contributed by atoms with E-state index in [0.29, 0.717) is 0 Å². The number of hydrogen-bond acceptors (Lipinski definition) is 3. The fourth-order valence-electron chi connectivity index (χ4n) is 10.3. The van der Waals surface area contributed by atoms with Crippen LogP contribution in [-0.2, 0) is 0 Å². The number of hydrogen-bond donors (Lipinski definition) is 0. The molecule has 0 spiro atoms. The van der Waals surface area contributed by atoms with Crippen LogP contribution < -0.4 is 14.4 Å². The molecule has 0 amide bonds. The maximum atomic E-state index is 6.66. The molecule has 2 heterocycles. The fraction of sp³-hybridized carbons (Fsp3) is 0.0968. The topological polar surface area (TPSA) is 21.7 Å². The van der Waals surface area contributed by atoms with Crippen molar-refractivity contribution in [3.63, 3.8) is 0 Å². The first-order valence-corrected chi connectivity index (χ1v) is 22.6. The molecule has 8 aromatic carbocycles. The number of benzene rings is 8. The third-order valence-electron chi connectivity index (χ3n) is 13.9. The molecule has 0 bridgehead atoms. The molecule has 4 aliphatic rings. The molecular weight excluding hydrogens is 791 g/mol. The summed E-state index contributed by atoms with van der Waals surface area (Å²) >= 11 is 0. The van der Waals surface area contributed by atoms with Gasteiger partial charge in [-0.25, -0.2) is 0 Å². The molecule has 0 aromatic heterocycles. The van der Waals surface area contributed by atoms with E-state index in [1.54, 1.807) is 0 Å². The van der Waals surface area contributed by atoms with Crippen molar-refractivity contribution in [2.24, 2.45) is 0 Å². The molecule has 3 heteroatoms. The van der Waals surface area contributed by atoms with Crippen LogP contribution in [-0.4, -0.2) is 11.2 Å². The second-order valence-corrected chi connectivity index (χ2v) is 18.0. The van der Waals surface area contributed by atoms with Gasteiger partial charge in [-0.2, -0.15) is 0 Å². The maximum Gasteiger partial charge on any atom is 0.135 e. The van der Waals surface area contributed by atoms with Crippen LogP contribution in [0.3, 0.4) is 0 Å². The van der Waals surface area contributed by atoms with Gasteiger partial charge in [-0.05, 0) is 107 Å². The number of allylic oxidation sites excluding steroid dienone is 4. The second-order valence-electron chi connectivity index (χ2n) is 18.0. The van der Waals surface area contributed by atoms with Crippen molar-refractivity contribution >= 4 is 17.1 Å². The van der Waals surface area contributed by atoms with Gasteiger partial charge < -0.3 is 14.4 Å². The van der Waals surface area contributed by atoms with Crippen LogP contribution in [0.1, 0.15) is 36.8 Å². The monoisotopic (exact) mass is 837 g/mol. The van der Waals surface area contributed by atoms with Crippen LogP contribution in [0, 0.1) is 0 Å². The Morgan fingerprint density at radius 2 is 0.677 bits per heavy atom. The van der Waals surface area contributed by atoms with Gasteiger partial charge in [0.2, 0.25) is 0 Å². The number of anilines is 3. The van der Waals surface area contributed by atoms with Crippen LogP contribution in [0.2, 0.25) is 0 Å². The molecule has 2 aliphatic heterocycles. The summed E-state index contributed by atoms with van der Waals surface area (Å²) in [5.41, 5.74) is 16.7. The molecule has 0 saturated heterocycles. The number of nitrogens with zero attached hydrogens (tertiary/aromatic N) is 1. The molecule has 0 saturated carbocycles. The molecule has 4 unspecified atom stereocenters. The molecule has 4 atom stereocenters. The molecule has 2 aliphatic carbocycles. The Kier molecular flexibility index (Phi) is 9.20. The Bertz CT molecular complexity index is 3020. The summed E-state index contributed by atoms with van der Waals surface area (Å²) in [5.74, 6) is 2.42. The Morgan fingerprint density at radius 3 is 1.06 bits per heavy atom. The highest BCUT2D eigenvalue weighted by atomic mass is 16.5. The normalized spacial score (nSPS) is 20.6. The van der Waals surface area contributed by atoms with Gasteiger partial charge in [0.25, 0.3) is 0 Å². The first-order chi connectivity index (χ1) is 31.9. The molecule has 312 valence electrons. The lowest BCUT2D eigenvalue weighted by Crippen LogP contribution is -2.32. The van der Waals surface area contributed by atoms with E-state index in [0.717, 1.165) is 61.9 Å². The third kappa shape index (κ3) is 6.74. The molecular formula is C62H47NO2. The predicted molar refractivity (Wildman–Crippen MR) is 268 cm³/mol. The fourth-order valence-corrected chi connectivity index (χ4v) is 10.3. The Hall–Kier alpha value is -7.88. The van der Waals surface area contributed by atoms with Crippen molar-refractivity contribution in [1.29, 1.82) is 0 Å². The average molecular weight is 838 g/mol. The maximum absolute atomic E-state index is 6.66. The zero-order valence-corrected chi connectivity index (χ0v) is 36.4. The van der Waals surface area contributed by atoms with Crippen LogP contribution in [0.5, 0.6) is 11.5 Å². The van der Waals surface area contributed by atoms with E-state index in [1.165, 1.54) is 33.4 Å². The molecule has 0 radical (unpaired) electrons. The Balaban J connectivity index is 0.827. The molecule has 12 rings (SSSR count).